The van der Waals surface area contributed by atoms with Gasteiger partial charge in [0.05, 0.1) is 22.1 Å². The molecule has 1 heterocycles. The molecule has 8 nitrogen and oxygen atoms in total. The maximum Gasteiger partial charge on any atom is 0.323 e. The highest BCUT2D eigenvalue weighted by Crippen LogP contribution is 2.37. The summed E-state index contributed by atoms with van der Waals surface area (Å²) in [6.07, 6.45) is 0. The molecule has 4 rings (SSSR count). The van der Waals surface area contributed by atoms with Gasteiger partial charge in [-0.1, -0.05) is 17.7 Å². The predicted molar refractivity (Wildman–Crippen MR) is 137 cm³/mol. The molecule has 1 amide bonds. The molecule has 0 aliphatic carbocycles. The molecule has 0 bridgehead atoms. The summed E-state index contributed by atoms with van der Waals surface area (Å²) in [6, 6.07) is 17.0. The fraction of sp³-hybridized carbons (Fsp3) is 0.200. The number of aromatic nitrogens is 2. The number of nitrogens with one attached hydrogen (secondary N) is 4. The van der Waals surface area contributed by atoms with E-state index in [1.54, 1.807) is 0 Å². The lowest BCUT2D eigenvalue weighted by Gasteiger charge is -2.16. The fourth-order valence-electron chi connectivity index (χ4n) is 3.44. The molecule has 0 atom stereocenters. The second-order valence-electron chi connectivity index (χ2n) is 7.73. The summed E-state index contributed by atoms with van der Waals surface area (Å²) in [5, 5.41) is 6.16. The van der Waals surface area contributed by atoms with Gasteiger partial charge >= 0.3 is 5.69 Å². The first-order valence-corrected chi connectivity index (χ1v) is 11.6. The Bertz CT molecular complexity index is 1360. The zero-order valence-electron chi connectivity index (χ0n) is 18.8. The Labute approximate surface area is 204 Å². The van der Waals surface area contributed by atoms with Gasteiger partial charge in [-0.2, -0.15) is 0 Å². The SMILES string of the molecule is CCOc1cc(CNc2ccc3[nH]c(=O)[nH]c3c2)cc(Br)c1OCC(=O)Nc1ccc(C)cc1. The van der Waals surface area contributed by atoms with Gasteiger partial charge in [0, 0.05) is 17.9 Å². The molecular formula is C25H25BrN4O4. The Balaban J connectivity index is 1.43. The highest BCUT2D eigenvalue weighted by Gasteiger charge is 2.14. The number of carbonyl (C=O) groups is 1. The Morgan fingerprint density at radius 2 is 1.71 bits per heavy atom. The smallest absolute Gasteiger partial charge is 0.323 e. The summed E-state index contributed by atoms with van der Waals surface area (Å²) in [5.41, 5.74) is 4.91. The van der Waals surface area contributed by atoms with E-state index in [4.69, 9.17) is 9.47 Å². The van der Waals surface area contributed by atoms with Gasteiger partial charge in [0.25, 0.3) is 5.91 Å². The second-order valence-corrected chi connectivity index (χ2v) is 8.59. The third-order valence-corrected chi connectivity index (χ3v) is 5.65. The Hall–Kier alpha value is -3.72. The van der Waals surface area contributed by atoms with Crippen LogP contribution in [0.2, 0.25) is 0 Å². The van der Waals surface area contributed by atoms with Gasteiger partial charge in [-0.15, -0.1) is 0 Å². The molecular weight excluding hydrogens is 500 g/mol. The van der Waals surface area contributed by atoms with Gasteiger partial charge in [-0.25, -0.2) is 4.79 Å². The quantitative estimate of drug-likeness (QED) is 0.247. The van der Waals surface area contributed by atoms with Crippen molar-refractivity contribution in [3.63, 3.8) is 0 Å². The largest absolute Gasteiger partial charge is 0.490 e. The van der Waals surface area contributed by atoms with Gasteiger partial charge in [0.2, 0.25) is 0 Å². The van der Waals surface area contributed by atoms with E-state index < -0.39 is 0 Å². The number of aromatic amines is 2. The van der Waals surface area contributed by atoms with Crippen molar-refractivity contribution in [1.29, 1.82) is 0 Å². The standard InChI is InChI=1S/C25H25BrN4O4/c1-3-33-22-11-16(13-27-18-8-9-20-21(12-18)30-25(32)29-20)10-19(26)24(22)34-14-23(31)28-17-6-4-15(2)5-7-17/h4-12,27H,3,13-14H2,1-2H3,(H,28,31)(H2,29,30,32). The molecule has 0 aliphatic rings. The van der Waals surface area contributed by atoms with Gasteiger partial charge in [0.15, 0.2) is 18.1 Å². The van der Waals surface area contributed by atoms with Crippen LogP contribution < -0.4 is 25.8 Å². The van der Waals surface area contributed by atoms with E-state index >= 15 is 0 Å². The van der Waals surface area contributed by atoms with Crippen molar-refractivity contribution in [2.75, 3.05) is 23.8 Å². The number of amides is 1. The topological polar surface area (TPSA) is 108 Å². The number of imidazole rings is 1. The second kappa shape index (κ2) is 10.5. The third kappa shape index (κ3) is 5.79. The number of rotatable bonds is 9. The van der Waals surface area contributed by atoms with Crippen LogP contribution >= 0.6 is 15.9 Å². The average Bonchev–Trinajstić information content (AvgIpc) is 3.18. The van der Waals surface area contributed by atoms with E-state index in [0.717, 1.165) is 27.8 Å². The van der Waals surface area contributed by atoms with Crippen LogP contribution in [-0.4, -0.2) is 29.1 Å². The van der Waals surface area contributed by atoms with Crippen molar-refractivity contribution in [2.45, 2.75) is 20.4 Å². The minimum Gasteiger partial charge on any atom is -0.490 e. The molecule has 0 saturated carbocycles. The van der Waals surface area contributed by atoms with Gasteiger partial charge in [-0.05, 0) is 77.8 Å². The van der Waals surface area contributed by atoms with E-state index in [-0.39, 0.29) is 18.2 Å². The van der Waals surface area contributed by atoms with Crippen LogP contribution in [0.3, 0.4) is 0 Å². The molecule has 1 aromatic heterocycles. The van der Waals surface area contributed by atoms with Crippen LogP contribution in [0.15, 0.2) is 63.9 Å². The van der Waals surface area contributed by atoms with Crippen molar-refractivity contribution in [2.24, 2.45) is 0 Å². The minimum absolute atomic E-state index is 0.154. The molecule has 34 heavy (non-hydrogen) atoms. The number of halogens is 1. The summed E-state index contributed by atoms with van der Waals surface area (Å²) in [6.45, 7) is 4.70. The maximum absolute atomic E-state index is 12.3. The molecule has 0 fully saturated rings. The van der Waals surface area contributed by atoms with Crippen molar-refractivity contribution >= 4 is 44.2 Å². The number of anilines is 2. The minimum atomic E-state index is -0.262. The summed E-state index contributed by atoms with van der Waals surface area (Å²) in [4.78, 5) is 29.3. The molecule has 0 saturated heterocycles. The maximum atomic E-state index is 12.3. The number of hydrogen-bond donors (Lipinski definition) is 4. The Morgan fingerprint density at radius 3 is 2.47 bits per heavy atom. The zero-order chi connectivity index (χ0) is 24.1. The normalized spacial score (nSPS) is 10.8. The van der Waals surface area contributed by atoms with Crippen LogP contribution in [0, 0.1) is 6.92 Å². The molecule has 9 heteroatoms. The highest BCUT2D eigenvalue weighted by molar-refractivity contribution is 9.10. The molecule has 0 radical (unpaired) electrons. The van der Waals surface area contributed by atoms with Crippen molar-refractivity contribution in [3.05, 3.63) is 80.7 Å². The molecule has 0 unspecified atom stereocenters. The van der Waals surface area contributed by atoms with Crippen molar-refractivity contribution in [1.82, 2.24) is 9.97 Å². The number of H-pyrrole nitrogens is 2. The van der Waals surface area contributed by atoms with Crippen molar-refractivity contribution in [3.8, 4) is 11.5 Å². The van der Waals surface area contributed by atoms with Gasteiger partial charge < -0.3 is 30.1 Å². The lowest BCUT2D eigenvalue weighted by Crippen LogP contribution is -2.20. The first-order chi connectivity index (χ1) is 16.4. The van der Waals surface area contributed by atoms with E-state index in [1.165, 1.54) is 0 Å². The molecule has 0 aliphatic heterocycles. The van der Waals surface area contributed by atoms with Crippen LogP contribution in [-0.2, 0) is 11.3 Å². The van der Waals surface area contributed by atoms with Gasteiger partial charge in [-0.3, -0.25) is 4.79 Å². The third-order valence-electron chi connectivity index (χ3n) is 5.06. The number of benzene rings is 3. The van der Waals surface area contributed by atoms with Crippen LogP contribution in [0.25, 0.3) is 11.0 Å². The number of ether oxygens (including phenoxy) is 2. The average molecular weight is 525 g/mol. The first kappa shape index (κ1) is 23.4. The predicted octanol–water partition coefficient (Wildman–Crippen LogP) is 4.96. The fourth-order valence-corrected chi connectivity index (χ4v) is 4.05. The molecule has 3 aromatic carbocycles. The Morgan fingerprint density at radius 1 is 0.971 bits per heavy atom. The number of fused-ring (bicyclic) bond motifs is 1. The number of aryl methyl sites for hydroxylation is 1. The van der Waals surface area contributed by atoms with Crippen LogP contribution in [0.1, 0.15) is 18.1 Å². The van der Waals surface area contributed by atoms with E-state index in [9.17, 15) is 9.59 Å². The van der Waals surface area contributed by atoms with E-state index in [0.29, 0.717) is 34.8 Å². The van der Waals surface area contributed by atoms with E-state index in [2.05, 4.69) is 36.5 Å². The van der Waals surface area contributed by atoms with Crippen molar-refractivity contribution < 1.29 is 14.3 Å². The van der Waals surface area contributed by atoms with Crippen LogP contribution in [0.5, 0.6) is 11.5 Å². The molecule has 4 N–H and O–H groups in total. The number of carbonyl (C=O) groups excluding carboxylic acids is 1. The van der Waals surface area contributed by atoms with E-state index in [1.807, 2.05) is 68.4 Å². The van der Waals surface area contributed by atoms with Crippen LogP contribution in [0.4, 0.5) is 11.4 Å². The lowest BCUT2D eigenvalue weighted by molar-refractivity contribution is -0.118. The highest BCUT2D eigenvalue weighted by atomic mass is 79.9. The van der Waals surface area contributed by atoms with Gasteiger partial charge in [0.1, 0.15) is 0 Å². The monoisotopic (exact) mass is 524 g/mol. The lowest BCUT2D eigenvalue weighted by atomic mass is 10.2. The molecule has 0 spiro atoms. The Kier molecular flexibility index (Phi) is 7.22. The summed E-state index contributed by atoms with van der Waals surface area (Å²) >= 11 is 3.55. The first-order valence-electron chi connectivity index (χ1n) is 10.8. The summed E-state index contributed by atoms with van der Waals surface area (Å²) in [7, 11) is 0. The molecule has 4 aromatic rings. The zero-order valence-corrected chi connectivity index (χ0v) is 20.4. The molecule has 176 valence electrons. The number of hydrogen-bond acceptors (Lipinski definition) is 5. The summed E-state index contributed by atoms with van der Waals surface area (Å²) in [5.74, 6) is 0.750. The summed E-state index contributed by atoms with van der Waals surface area (Å²) < 4.78 is 12.3.